The maximum absolute atomic E-state index is 12.4. The standard InChI is InChI=1S/C17H34N2O3/c1-6-14(12-20)18-13(2)11-15-9-7-8-10-19(15)16(21)22-17(3,4)5/h13-15,18,20H,6-12H2,1-5H3. The van der Waals surface area contributed by atoms with Crippen LogP contribution in [0.2, 0.25) is 0 Å². The van der Waals surface area contributed by atoms with Gasteiger partial charge < -0.3 is 20.1 Å². The predicted molar refractivity (Wildman–Crippen MR) is 89.0 cm³/mol. The molecule has 0 aromatic heterocycles. The summed E-state index contributed by atoms with van der Waals surface area (Å²) in [5.74, 6) is 0. The Hall–Kier alpha value is -0.810. The Balaban J connectivity index is 2.59. The van der Waals surface area contributed by atoms with E-state index in [1.54, 1.807) is 0 Å². The van der Waals surface area contributed by atoms with Gasteiger partial charge in [-0.15, -0.1) is 0 Å². The molecule has 1 amide bonds. The van der Waals surface area contributed by atoms with Gasteiger partial charge in [-0.2, -0.15) is 0 Å². The molecule has 1 aliphatic rings. The first kappa shape index (κ1) is 19.2. The molecular formula is C17H34N2O3. The molecule has 0 saturated carbocycles. The molecule has 0 bridgehead atoms. The fourth-order valence-electron chi connectivity index (χ4n) is 2.98. The van der Waals surface area contributed by atoms with Gasteiger partial charge in [-0.25, -0.2) is 4.79 Å². The Bertz CT molecular complexity index is 337. The summed E-state index contributed by atoms with van der Waals surface area (Å²) in [4.78, 5) is 14.3. The number of piperidine rings is 1. The van der Waals surface area contributed by atoms with Crippen molar-refractivity contribution >= 4 is 6.09 Å². The van der Waals surface area contributed by atoms with Gasteiger partial charge >= 0.3 is 6.09 Å². The molecular weight excluding hydrogens is 280 g/mol. The number of likely N-dealkylation sites (tertiary alicyclic amines) is 1. The van der Waals surface area contributed by atoms with Crippen LogP contribution in [0.1, 0.15) is 66.7 Å². The zero-order chi connectivity index (χ0) is 16.8. The van der Waals surface area contributed by atoms with Crippen LogP contribution in [0.3, 0.4) is 0 Å². The van der Waals surface area contributed by atoms with Crippen molar-refractivity contribution in [2.75, 3.05) is 13.2 Å². The van der Waals surface area contributed by atoms with E-state index in [1.807, 2.05) is 25.7 Å². The van der Waals surface area contributed by atoms with Crippen molar-refractivity contribution in [1.29, 1.82) is 0 Å². The highest BCUT2D eigenvalue weighted by molar-refractivity contribution is 5.68. The molecule has 1 heterocycles. The van der Waals surface area contributed by atoms with Crippen molar-refractivity contribution in [2.45, 2.75) is 90.4 Å². The molecule has 1 fully saturated rings. The molecule has 22 heavy (non-hydrogen) atoms. The van der Waals surface area contributed by atoms with Crippen LogP contribution in [-0.4, -0.2) is 53.0 Å². The third-order valence-corrected chi connectivity index (χ3v) is 4.11. The first-order valence-corrected chi connectivity index (χ1v) is 8.63. The van der Waals surface area contributed by atoms with Crippen molar-refractivity contribution in [3.05, 3.63) is 0 Å². The minimum atomic E-state index is -0.451. The molecule has 1 saturated heterocycles. The second-order valence-corrected chi connectivity index (χ2v) is 7.41. The number of aliphatic hydroxyl groups is 1. The summed E-state index contributed by atoms with van der Waals surface area (Å²) in [7, 11) is 0. The monoisotopic (exact) mass is 314 g/mol. The number of carbonyl (C=O) groups excluding carboxylic acids is 1. The number of nitrogens with zero attached hydrogens (tertiary/aromatic N) is 1. The van der Waals surface area contributed by atoms with Crippen molar-refractivity contribution in [3.63, 3.8) is 0 Å². The summed E-state index contributed by atoms with van der Waals surface area (Å²) in [5.41, 5.74) is -0.451. The summed E-state index contributed by atoms with van der Waals surface area (Å²) < 4.78 is 5.54. The summed E-state index contributed by atoms with van der Waals surface area (Å²) in [6, 6.07) is 0.626. The highest BCUT2D eigenvalue weighted by Gasteiger charge is 2.31. The van der Waals surface area contributed by atoms with Gasteiger partial charge in [-0.3, -0.25) is 0 Å². The third kappa shape index (κ3) is 6.53. The van der Waals surface area contributed by atoms with Gasteiger partial charge in [-0.05, 0) is 59.8 Å². The second-order valence-electron chi connectivity index (χ2n) is 7.41. The van der Waals surface area contributed by atoms with E-state index in [-0.39, 0.29) is 30.8 Å². The Morgan fingerprint density at radius 2 is 2.09 bits per heavy atom. The third-order valence-electron chi connectivity index (χ3n) is 4.11. The molecule has 0 aliphatic carbocycles. The second kappa shape index (κ2) is 8.73. The number of ether oxygens (including phenoxy) is 1. The lowest BCUT2D eigenvalue weighted by molar-refractivity contribution is 0.00765. The largest absolute Gasteiger partial charge is 0.444 e. The smallest absolute Gasteiger partial charge is 0.410 e. The lowest BCUT2D eigenvalue weighted by Crippen LogP contribution is -2.49. The van der Waals surface area contributed by atoms with E-state index in [0.29, 0.717) is 0 Å². The summed E-state index contributed by atoms with van der Waals surface area (Å²) >= 11 is 0. The molecule has 5 heteroatoms. The van der Waals surface area contributed by atoms with E-state index in [0.717, 1.165) is 38.6 Å². The van der Waals surface area contributed by atoms with E-state index < -0.39 is 5.60 Å². The number of aliphatic hydroxyl groups excluding tert-OH is 1. The van der Waals surface area contributed by atoms with Gasteiger partial charge in [0.2, 0.25) is 0 Å². The van der Waals surface area contributed by atoms with Crippen LogP contribution in [0, 0.1) is 0 Å². The normalized spacial score (nSPS) is 22.3. The van der Waals surface area contributed by atoms with Gasteiger partial charge in [0.05, 0.1) is 6.61 Å². The van der Waals surface area contributed by atoms with Crippen LogP contribution in [-0.2, 0) is 4.74 Å². The van der Waals surface area contributed by atoms with Crippen molar-refractivity contribution in [2.24, 2.45) is 0 Å². The highest BCUT2D eigenvalue weighted by atomic mass is 16.6. The van der Waals surface area contributed by atoms with E-state index in [1.165, 1.54) is 0 Å². The first-order valence-electron chi connectivity index (χ1n) is 8.63. The molecule has 0 radical (unpaired) electrons. The highest BCUT2D eigenvalue weighted by Crippen LogP contribution is 2.23. The van der Waals surface area contributed by atoms with Crippen LogP contribution in [0.25, 0.3) is 0 Å². The average molecular weight is 314 g/mol. The number of nitrogens with one attached hydrogen (secondary N) is 1. The molecule has 3 atom stereocenters. The predicted octanol–water partition coefficient (Wildman–Crippen LogP) is 2.92. The molecule has 5 nitrogen and oxygen atoms in total. The fourth-order valence-corrected chi connectivity index (χ4v) is 2.98. The van der Waals surface area contributed by atoms with Gasteiger partial charge in [0, 0.05) is 24.7 Å². The summed E-state index contributed by atoms with van der Waals surface area (Å²) in [6.07, 6.45) is 4.84. The molecule has 0 aromatic carbocycles. The van der Waals surface area contributed by atoms with E-state index in [2.05, 4.69) is 19.2 Å². The topological polar surface area (TPSA) is 61.8 Å². The first-order chi connectivity index (χ1) is 10.3. The number of hydrogen-bond acceptors (Lipinski definition) is 4. The van der Waals surface area contributed by atoms with Crippen molar-refractivity contribution in [3.8, 4) is 0 Å². The Kier molecular flexibility index (Phi) is 7.63. The van der Waals surface area contributed by atoms with Gasteiger partial charge in [0.25, 0.3) is 0 Å². The zero-order valence-corrected chi connectivity index (χ0v) is 14.9. The molecule has 2 N–H and O–H groups in total. The van der Waals surface area contributed by atoms with Gasteiger partial charge in [0.15, 0.2) is 0 Å². The summed E-state index contributed by atoms with van der Waals surface area (Å²) in [6.45, 7) is 10.8. The number of carbonyl (C=O) groups is 1. The Labute approximate surface area is 135 Å². The van der Waals surface area contributed by atoms with E-state index in [9.17, 15) is 9.90 Å². The van der Waals surface area contributed by atoms with Gasteiger partial charge in [-0.1, -0.05) is 6.92 Å². The van der Waals surface area contributed by atoms with Crippen LogP contribution < -0.4 is 5.32 Å². The number of rotatable bonds is 6. The molecule has 130 valence electrons. The minimum absolute atomic E-state index is 0.133. The fraction of sp³-hybridized carbons (Fsp3) is 0.941. The quantitative estimate of drug-likeness (QED) is 0.791. The Morgan fingerprint density at radius 3 is 2.64 bits per heavy atom. The van der Waals surface area contributed by atoms with Crippen molar-refractivity contribution in [1.82, 2.24) is 10.2 Å². The van der Waals surface area contributed by atoms with E-state index in [4.69, 9.17) is 4.74 Å². The lowest BCUT2D eigenvalue weighted by Gasteiger charge is -2.38. The molecule has 0 spiro atoms. The molecule has 3 unspecified atom stereocenters. The summed E-state index contributed by atoms with van der Waals surface area (Å²) in [5, 5.41) is 12.7. The lowest BCUT2D eigenvalue weighted by atomic mass is 9.96. The van der Waals surface area contributed by atoms with Crippen LogP contribution >= 0.6 is 0 Å². The van der Waals surface area contributed by atoms with Crippen LogP contribution in [0.5, 0.6) is 0 Å². The molecule has 1 rings (SSSR count). The van der Waals surface area contributed by atoms with Crippen LogP contribution in [0.15, 0.2) is 0 Å². The average Bonchev–Trinajstić information content (AvgIpc) is 2.43. The van der Waals surface area contributed by atoms with Crippen molar-refractivity contribution < 1.29 is 14.6 Å². The van der Waals surface area contributed by atoms with Crippen LogP contribution in [0.4, 0.5) is 4.79 Å². The Morgan fingerprint density at radius 1 is 1.41 bits per heavy atom. The number of amides is 1. The molecule has 1 aliphatic heterocycles. The minimum Gasteiger partial charge on any atom is -0.444 e. The van der Waals surface area contributed by atoms with Gasteiger partial charge in [0.1, 0.15) is 5.60 Å². The zero-order valence-electron chi connectivity index (χ0n) is 14.9. The maximum Gasteiger partial charge on any atom is 0.410 e. The molecule has 0 aromatic rings. The number of hydrogen-bond donors (Lipinski definition) is 2. The van der Waals surface area contributed by atoms with E-state index >= 15 is 0 Å². The maximum atomic E-state index is 12.4. The SMILES string of the molecule is CCC(CO)NC(C)CC1CCCCN1C(=O)OC(C)(C)C.